The Balaban J connectivity index is 1.77. The molecule has 3 aromatic carbocycles. The normalized spacial score (nSPS) is 10.1. The maximum atomic E-state index is 5.40. The van der Waals surface area contributed by atoms with Gasteiger partial charge in [0.15, 0.2) is 11.5 Å². The molecule has 0 bridgehead atoms. The van der Waals surface area contributed by atoms with Gasteiger partial charge in [-0.05, 0) is 36.4 Å². The fraction of sp³-hybridized carbons (Fsp3) is 0.182. The number of hydrogen-bond acceptors (Lipinski definition) is 6. The zero-order valence-electron chi connectivity index (χ0n) is 16.4. The Kier molecular flexibility index (Phi) is 6.11. The van der Waals surface area contributed by atoms with Crippen LogP contribution in [0.15, 0.2) is 60.7 Å². The monoisotopic (exact) mass is 380 g/mol. The van der Waals surface area contributed by atoms with Gasteiger partial charge in [0.2, 0.25) is 5.75 Å². The van der Waals surface area contributed by atoms with Crippen LogP contribution < -0.4 is 29.6 Å². The van der Waals surface area contributed by atoms with E-state index in [-0.39, 0.29) is 0 Å². The zero-order chi connectivity index (χ0) is 19.9. The molecule has 3 aromatic rings. The summed E-state index contributed by atoms with van der Waals surface area (Å²) in [5.41, 5.74) is 3.63. The quantitative estimate of drug-likeness (QED) is 0.559. The van der Waals surface area contributed by atoms with E-state index in [9.17, 15) is 0 Å². The summed E-state index contributed by atoms with van der Waals surface area (Å²) in [6, 6.07) is 19.5. The van der Waals surface area contributed by atoms with Crippen molar-refractivity contribution in [2.75, 3.05) is 39.1 Å². The molecule has 0 radical (unpaired) electrons. The van der Waals surface area contributed by atoms with E-state index in [1.807, 2.05) is 60.7 Å². The first-order chi connectivity index (χ1) is 13.7. The molecule has 6 heteroatoms. The van der Waals surface area contributed by atoms with Gasteiger partial charge in [-0.25, -0.2) is 0 Å². The molecule has 2 N–H and O–H groups in total. The van der Waals surface area contributed by atoms with E-state index in [4.69, 9.17) is 18.9 Å². The summed E-state index contributed by atoms with van der Waals surface area (Å²) in [7, 11) is 6.44. The van der Waals surface area contributed by atoms with Crippen molar-refractivity contribution in [3.63, 3.8) is 0 Å². The molecule has 0 aromatic heterocycles. The molecule has 0 amide bonds. The van der Waals surface area contributed by atoms with E-state index in [2.05, 4.69) is 10.6 Å². The van der Waals surface area contributed by atoms with Crippen LogP contribution in [0.4, 0.5) is 22.7 Å². The van der Waals surface area contributed by atoms with E-state index in [1.165, 1.54) is 0 Å². The molecule has 0 saturated carbocycles. The van der Waals surface area contributed by atoms with Crippen LogP contribution in [-0.2, 0) is 0 Å². The van der Waals surface area contributed by atoms with Crippen LogP contribution in [0.1, 0.15) is 0 Å². The Morgan fingerprint density at radius 2 is 1.07 bits per heavy atom. The number of ether oxygens (including phenoxy) is 4. The lowest BCUT2D eigenvalue weighted by Crippen LogP contribution is -1.98. The van der Waals surface area contributed by atoms with Gasteiger partial charge >= 0.3 is 0 Å². The van der Waals surface area contributed by atoms with Gasteiger partial charge < -0.3 is 29.6 Å². The summed E-state index contributed by atoms with van der Waals surface area (Å²) >= 11 is 0. The molecule has 0 heterocycles. The van der Waals surface area contributed by atoms with Gasteiger partial charge in [-0.3, -0.25) is 0 Å². The molecular formula is C22H24N2O4. The largest absolute Gasteiger partial charge is 0.495 e. The first-order valence-electron chi connectivity index (χ1n) is 8.75. The molecule has 0 spiro atoms. The first-order valence-corrected chi connectivity index (χ1v) is 8.75. The van der Waals surface area contributed by atoms with Crippen LogP contribution in [0.3, 0.4) is 0 Å². The molecule has 0 atom stereocenters. The fourth-order valence-corrected chi connectivity index (χ4v) is 2.86. The molecule has 0 saturated heterocycles. The first kappa shape index (κ1) is 19.2. The molecule has 146 valence electrons. The number of hydrogen-bond donors (Lipinski definition) is 2. The summed E-state index contributed by atoms with van der Waals surface area (Å²) < 4.78 is 21.5. The summed E-state index contributed by atoms with van der Waals surface area (Å²) in [6.45, 7) is 0. The SMILES string of the molecule is COc1ccccc1Nc1ccc(Nc2cc(OC)c(OC)c(OC)c2)cc1. The maximum absolute atomic E-state index is 5.40. The van der Waals surface area contributed by atoms with Crippen molar-refractivity contribution in [2.45, 2.75) is 0 Å². The average molecular weight is 380 g/mol. The Hall–Kier alpha value is -3.54. The minimum Gasteiger partial charge on any atom is -0.495 e. The number of nitrogens with one attached hydrogen (secondary N) is 2. The zero-order valence-corrected chi connectivity index (χ0v) is 16.4. The molecule has 0 aliphatic heterocycles. The molecule has 28 heavy (non-hydrogen) atoms. The molecule has 3 rings (SSSR count). The number of anilines is 4. The predicted octanol–water partition coefficient (Wildman–Crippen LogP) is 5.21. The highest BCUT2D eigenvalue weighted by atomic mass is 16.5. The van der Waals surface area contributed by atoms with Gasteiger partial charge in [0.25, 0.3) is 0 Å². The Morgan fingerprint density at radius 1 is 0.536 bits per heavy atom. The molecule has 0 unspecified atom stereocenters. The van der Waals surface area contributed by atoms with Gasteiger partial charge in [-0.1, -0.05) is 12.1 Å². The molecule has 0 fully saturated rings. The van der Waals surface area contributed by atoms with Crippen LogP contribution >= 0.6 is 0 Å². The predicted molar refractivity (Wildman–Crippen MR) is 112 cm³/mol. The molecule has 0 aliphatic carbocycles. The van der Waals surface area contributed by atoms with Crippen molar-refractivity contribution in [2.24, 2.45) is 0 Å². The van der Waals surface area contributed by atoms with E-state index < -0.39 is 0 Å². The highest BCUT2D eigenvalue weighted by Gasteiger charge is 2.13. The third kappa shape index (κ3) is 4.23. The number of rotatable bonds is 8. The lowest BCUT2D eigenvalue weighted by atomic mass is 10.2. The van der Waals surface area contributed by atoms with E-state index >= 15 is 0 Å². The van der Waals surface area contributed by atoms with Crippen molar-refractivity contribution >= 4 is 22.7 Å². The topological polar surface area (TPSA) is 61.0 Å². The molecule has 0 aliphatic rings. The number of para-hydroxylation sites is 2. The Bertz CT molecular complexity index is 901. The van der Waals surface area contributed by atoms with Crippen LogP contribution in [0, 0.1) is 0 Å². The van der Waals surface area contributed by atoms with Crippen molar-refractivity contribution in [1.82, 2.24) is 0 Å². The van der Waals surface area contributed by atoms with E-state index in [1.54, 1.807) is 28.4 Å². The van der Waals surface area contributed by atoms with Gasteiger partial charge in [0, 0.05) is 29.2 Å². The van der Waals surface area contributed by atoms with Crippen molar-refractivity contribution < 1.29 is 18.9 Å². The number of benzene rings is 3. The summed E-state index contributed by atoms with van der Waals surface area (Å²) in [6.07, 6.45) is 0. The van der Waals surface area contributed by atoms with Gasteiger partial charge in [-0.2, -0.15) is 0 Å². The van der Waals surface area contributed by atoms with E-state index in [0.717, 1.165) is 28.5 Å². The fourth-order valence-electron chi connectivity index (χ4n) is 2.86. The molecule has 6 nitrogen and oxygen atoms in total. The third-order valence-electron chi connectivity index (χ3n) is 4.22. The van der Waals surface area contributed by atoms with Gasteiger partial charge in [0.05, 0.1) is 34.1 Å². The van der Waals surface area contributed by atoms with Crippen LogP contribution in [0.5, 0.6) is 23.0 Å². The Morgan fingerprint density at radius 3 is 1.61 bits per heavy atom. The minimum atomic E-state index is 0.562. The van der Waals surface area contributed by atoms with Crippen LogP contribution in [0.25, 0.3) is 0 Å². The lowest BCUT2D eigenvalue weighted by molar-refractivity contribution is 0.324. The summed E-state index contributed by atoms with van der Waals surface area (Å²) in [4.78, 5) is 0. The number of methoxy groups -OCH3 is 4. The second kappa shape index (κ2) is 8.90. The summed E-state index contributed by atoms with van der Waals surface area (Å²) in [5.74, 6) is 2.55. The van der Waals surface area contributed by atoms with Crippen molar-refractivity contribution in [3.05, 3.63) is 60.7 Å². The lowest BCUT2D eigenvalue weighted by Gasteiger charge is -2.15. The summed E-state index contributed by atoms with van der Waals surface area (Å²) in [5, 5.41) is 6.71. The van der Waals surface area contributed by atoms with E-state index in [0.29, 0.717) is 17.2 Å². The minimum absolute atomic E-state index is 0.562. The van der Waals surface area contributed by atoms with Crippen molar-refractivity contribution in [1.29, 1.82) is 0 Å². The van der Waals surface area contributed by atoms with Crippen LogP contribution in [-0.4, -0.2) is 28.4 Å². The average Bonchev–Trinajstić information content (AvgIpc) is 2.74. The second-order valence-electron chi connectivity index (χ2n) is 5.94. The Labute approximate surface area is 165 Å². The van der Waals surface area contributed by atoms with Crippen LogP contribution in [0.2, 0.25) is 0 Å². The third-order valence-corrected chi connectivity index (χ3v) is 4.22. The second-order valence-corrected chi connectivity index (χ2v) is 5.94. The van der Waals surface area contributed by atoms with Crippen molar-refractivity contribution in [3.8, 4) is 23.0 Å². The highest BCUT2D eigenvalue weighted by molar-refractivity contribution is 5.71. The maximum Gasteiger partial charge on any atom is 0.203 e. The van der Waals surface area contributed by atoms with Gasteiger partial charge in [0.1, 0.15) is 5.75 Å². The van der Waals surface area contributed by atoms with Gasteiger partial charge in [-0.15, -0.1) is 0 Å². The molecular weight excluding hydrogens is 356 g/mol. The standard InChI is InChI=1S/C22H24N2O4/c1-25-19-8-6-5-7-18(19)24-16-11-9-15(10-12-16)23-17-13-20(26-2)22(28-4)21(14-17)27-3/h5-14,23-24H,1-4H3. The highest BCUT2D eigenvalue weighted by Crippen LogP contribution is 2.40. The smallest absolute Gasteiger partial charge is 0.203 e.